The van der Waals surface area contributed by atoms with Crippen molar-refractivity contribution in [3.05, 3.63) is 90.6 Å². The zero-order chi connectivity index (χ0) is 24.7. The standard InChI is InChI=1S/C28H38FN3O2/c1-2-3-4-5-6-7-8-9-10-11-12-13-14-15-16-17-18-21-26(33)30-23-24-32-28(34)25-20-19-22-31-27(25)29/h3-4,6-7,9-10,12-13,15-16,19-20,22H,2,5,8,11,14,17-18,21,23-24H2,1H3,(H,30,33)(H,32,34)/b4-3-,7-6-,10-9-,13-12-,16-15-. The molecule has 1 rings (SSSR count). The lowest BCUT2D eigenvalue weighted by Crippen LogP contribution is -2.35. The van der Waals surface area contributed by atoms with E-state index in [1.165, 1.54) is 18.3 Å². The number of nitrogens with zero attached hydrogens (tertiary/aromatic N) is 1. The molecule has 5 nitrogen and oxygen atoms in total. The maximum Gasteiger partial charge on any atom is 0.255 e. The van der Waals surface area contributed by atoms with Crippen LogP contribution in [0.4, 0.5) is 4.39 Å². The Balaban J connectivity index is 1.98. The van der Waals surface area contributed by atoms with Crippen molar-refractivity contribution in [1.29, 1.82) is 0 Å². The third-order valence-corrected chi connectivity index (χ3v) is 4.67. The van der Waals surface area contributed by atoms with Crippen molar-refractivity contribution in [3.63, 3.8) is 0 Å². The van der Waals surface area contributed by atoms with Gasteiger partial charge in [-0.2, -0.15) is 4.39 Å². The predicted octanol–water partition coefficient (Wildman–Crippen LogP) is 5.99. The molecule has 1 heterocycles. The smallest absolute Gasteiger partial charge is 0.255 e. The Hall–Kier alpha value is -3.28. The quantitative estimate of drug-likeness (QED) is 0.168. The molecule has 0 atom stereocenters. The average Bonchev–Trinajstić information content (AvgIpc) is 2.84. The molecule has 1 aromatic rings. The van der Waals surface area contributed by atoms with E-state index in [1.54, 1.807) is 0 Å². The van der Waals surface area contributed by atoms with E-state index >= 15 is 0 Å². The number of hydrogen-bond donors (Lipinski definition) is 2. The first-order chi connectivity index (χ1) is 16.6. The Bertz CT molecular complexity index is 857. The molecule has 1 aromatic heterocycles. The van der Waals surface area contributed by atoms with E-state index in [4.69, 9.17) is 0 Å². The van der Waals surface area contributed by atoms with Crippen LogP contribution in [0, 0.1) is 5.95 Å². The van der Waals surface area contributed by atoms with Crippen LogP contribution in [0.3, 0.4) is 0 Å². The topological polar surface area (TPSA) is 71.1 Å². The summed E-state index contributed by atoms with van der Waals surface area (Å²) in [4.78, 5) is 27.1. The highest BCUT2D eigenvalue weighted by Crippen LogP contribution is 2.02. The summed E-state index contributed by atoms with van der Waals surface area (Å²) in [6.45, 7) is 2.67. The molecule has 0 radical (unpaired) electrons. The van der Waals surface area contributed by atoms with Gasteiger partial charge in [0.1, 0.15) is 0 Å². The Kier molecular flexibility index (Phi) is 17.2. The van der Waals surface area contributed by atoms with Crippen LogP contribution < -0.4 is 10.6 Å². The van der Waals surface area contributed by atoms with Gasteiger partial charge >= 0.3 is 0 Å². The minimum absolute atomic E-state index is 0.0610. The highest BCUT2D eigenvalue weighted by atomic mass is 19.1. The fourth-order valence-electron chi connectivity index (χ4n) is 2.87. The normalized spacial score (nSPS) is 12.1. The Morgan fingerprint density at radius 2 is 1.41 bits per heavy atom. The van der Waals surface area contributed by atoms with Crippen molar-refractivity contribution >= 4 is 11.8 Å². The lowest BCUT2D eigenvalue weighted by Gasteiger charge is -2.07. The largest absolute Gasteiger partial charge is 0.354 e. The fourth-order valence-corrected chi connectivity index (χ4v) is 2.87. The third-order valence-electron chi connectivity index (χ3n) is 4.67. The molecule has 0 saturated heterocycles. The SMILES string of the molecule is CC/C=C\C/C=C\C/C=C\C/C=C\C/C=C\CCCC(=O)NCCNC(=O)c1cccnc1F. The van der Waals surface area contributed by atoms with Crippen molar-refractivity contribution in [2.24, 2.45) is 0 Å². The number of aromatic nitrogens is 1. The van der Waals surface area contributed by atoms with Gasteiger partial charge in [0.05, 0.1) is 5.56 Å². The molecule has 0 fully saturated rings. The zero-order valence-corrected chi connectivity index (χ0v) is 20.2. The number of carbonyl (C=O) groups is 2. The van der Waals surface area contributed by atoms with E-state index in [0.29, 0.717) is 13.0 Å². The van der Waals surface area contributed by atoms with Gasteiger partial charge in [-0.15, -0.1) is 0 Å². The highest BCUT2D eigenvalue weighted by molar-refractivity contribution is 5.94. The highest BCUT2D eigenvalue weighted by Gasteiger charge is 2.11. The number of pyridine rings is 1. The van der Waals surface area contributed by atoms with Crippen LogP contribution in [0.25, 0.3) is 0 Å². The number of amides is 2. The third kappa shape index (κ3) is 15.5. The number of hydrogen-bond acceptors (Lipinski definition) is 3. The molecule has 34 heavy (non-hydrogen) atoms. The first-order valence-electron chi connectivity index (χ1n) is 12.1. The van der Waals surface area contributed by atoms with E-state index in [-0.39, 0.29) is 18.0 Å². The second-order valence-electron chi connectivity index (χ2n) is 7.55. The summed E-state index contributed by atoms with van der Waals surface area (Å²) in [6, 6.07) is 2.86. The fraction of sp³-hybridized carbons (Fsp3) is 0.393. The van der Waals surface area contributed by atoms with Crippen LogP contribution in [-0.4, -0.2) is 29.9 Å². The van der Waals surface area contributed by atoms with E-state index in [1.807, 2.05) is 0 Å². The van der Waals surface area contributed by atoms with E-state index in [9.17, 15) is 14.0 Å². The van der Waals surface area contributed by atoms with E-state index in [2.05, 4.69) is 83.3 Å². The molecule has 0 aromatic carbocycles. The van der Waals surface area contributed by atoms with Gasteiger partial charge in [0.25, 0.3) is 5.91 Å². The number of rotatable bonds is 17. The van der Waals surface area contributed by atoms with Gasteiger partial charge in [0.15, 0.2) is 0 Å². The lowest BCUT2D eigenvalue weighted by molar-refractivity contribution is -0.121. The maximum atomic E-state index is 13.4. The number of halogens is 1. The van der Waals surface area contributed by atoms with Crippen molar-refractivity contribution in [2.45, 2.75) is 58.3 Å². The summed E-state index contributed by atoms with van der Waals surface area (Å²) < 4.78 is 13.4. The molecule has 0 unspecified atom stereocenters. The summed E-state index contributed by atoms with van der Waals surface area (Å²) in [7, 11) is 0. The van der Waals surface area contributed by atoms with Crippen molar-refractivity contribution < 1.29 is 14.0 Å². The summed E-state index contributed by atoms with van der Waals surface area (Å²) >= 11 is 0. The molecule has 0 aliphatic heterocycles. The summed E-state index contributed by atoms with van der Waals surface area (Å²) in [5, 5.41) is 5.31. The minimum atomic E-state index is -0.806. The second kappa shape index (κ2) is 20.3. The molecule has 6 heteroatoms. The van der Waals surface area contributed by atoms with Crippen LogP contribution >= 0.6 is 0 Å². The van der Waals surface area contributed by atoms with Crippen LogP contribution in [0.2, 0.25) is 0 Å². The molecular formula is C28H38FN3O2. The van der Waals surface area contributed by atoms with Gasteiger partial charge in [-0.3, -0.25) is 9.59 Å². The molecular weight excluding hydrogens is 429 g/mol. The number of unbranched alkanes of at least 4 members (excludes halogenated alkanes) is 1. The Morgan fingerprint density at radius 1 is 0.853 bits per heavy atom. The van der Waals surface area contributed by atoms with Gasteiger partial charge < -0.3 is 10.6 Å². The summed E-state index contributed by atoms with van der Waals surface area (Å²) in [5.74, 6) is -1.41. The van der Waals surface area contributed by atoms with Gasteiger partial charge in [0, 0.05) is 25.7 Å². The van der Waals surface area contributed by atoms with Crippen molar-refractivity contribution in [2.75, 3.05) is 13.1 Å². The molecule has 0 spiro atoms. The Labute approximate surface area is 203 Å². The molecule has 2 amide bonds. The van der Waals surface area contributed by atoms with Crippen LogP contribution in [0.1, 0.15) is 68.6 Å². The predicted molar refractivity (Wildman–Crippen MR) is 138 cm³/mol. The van der Waals surface area contributed by atoms with Crippen LogP contribution in [0.5, 0.6) is 0 Å². The first-order valence-corrected chi connectivity index (χ1v) is 12.1. The summed E-state index contributed by atoms with van der Waals surface area (Å²) in [5.41, 5.74) is -0.106. The van der Waals surface area contributed by atoms with Gasteiger partial charge in [-0.25, -0.2) is 4.98 Å². The van der Waals surface area contributed by atoms with Gasteiger partial charge in [-0.05, 0) is 57.1 Å². The van der Waals surface area contributed by atoms with E-state index in [0.717, 1.165) is 44.9 Å². The molecule has 0 aliphatic rings. The van der Waals surface area contributed by atoms with Gasteiger partial charge in [-0.1, -0.05) is 67.7 Å². The summed E-state index contributed by atoms with van der Waals surface area (Å²) in [6.07, 6.45) is 29.8. The van der Waals surface area contributed by atoms with Crippen LogP contribution in [0.15, 0.2) is 79.1 Å². The number of carbonyl (C=O) groups excluding carboxylic acids is 2. The van der Waals surface area contributed by atoms with Gasteiger partial charge in [0.2, 0.25) is 11.9 Å². The maximum absolute atomic E-state index is 13.4. The van der Waals surface area contributed by atoms with Crippen LogP contribution in [-0.2, 0) is 4.79 Å². The molecule has 0 aliphatic carbocycles. The zero-order valence-electron chi connectivity index (χ0n) is 20.2. The first kappa shape index (κ1) is 28.8. The van der Waals surface area contributed by atoms with E-state index < -0.39 is 11.9 Å². The minimum Gasteiger partial charge on any atom is -0.354 e. The number of nitrogens with one attached hydrogen (secondary N) is 2. The molecule has 2 N–H and O–H groups in total. The lowest BCUT2D eigenvalue weighted by atomic mass is 10.2. The van der Waals surface area contributed by atoms with Crippen molar-refractivity contribution in [3.8, 4) is 0 Å². The monoisotopic (exact) mass is 467 g/mol. The second-order valence-corrected chi connectivity index (χ2v) is 7.55. The Morgan fingerprint density at radius 3 is 2.00 bits per heavy atom. The number of allylic oxidation sites excluding steroid dienone is 10. The average molecular weight is 468 g/mol. The molecule has 0 saturated carbocycles. The molecule has 0 bridgehead atoms. The van der Waals surface area contributed by atoms with Crippen molar-refractivity contribution in [1.82, 2.24) is 15.6 Å². The molecule has 184 valence electrons.